The summed E-state index contributed by atoms with van der Waals surface area (Å²) in [5, 5.41) is 19.5. The second-order valence-corrected chi connectivity index (χ2v) is 11.7. The molecule has 0 aliphatic carbocycles. The molecule has 0 radical (unpaired) electrons. The topological polar surface area (TPSA) is 106 Å². The van der Waals surface area contributed by atoms with Crippen molar-refractivity contribution < 1.29 is 41.7 Å². The van der Waals surface area contributed by atoms with Crippen LogP contribution in [0.15, 0.2) is 36.4 Å². The minimum atomic E-state index is -4.81. The molecular weight excluding hydrogens is 592 g/mol. The molecule has 0 bridgehead atoms. The molecule has 2 amide bonds. The lowest BCUT2D eigenvalue weighted by Gasteiger charge is -2.38. The fourth-order valence-corrected chi connectivity index (χ4v) is 4.85. The summed E-state index contributed by atoms with van der Waals surface area (Å²) in [6, 6.07) is 8.16. The van der Waals surface area contributed by atoms with E-state index in [4.69, 9.17) is 27.0 Å². The van der Waals surface area contributed by atoms with Crippen LogP contribution in [0.1, 0.15) is 45.7 Å². The molecule has 232 valence electrons. The number of carbonyl (C=O) groups excluding carboxylic acids is 2. The number of hydrogen-bond donors (Lipinski definition) is 1. The number of likely N-dealkylation sites (N-methyl/N-ethyl adjacent to an activating group) is 1. The number of hydrogen-bond acceptors (Lipinski definition) is 7. The number of thiocarbonyl (C=S) groups is 1. The van der Waals surface area contributed by atoms with Crippen molar-refractivity contribution >= 4 is 41.1 Å². The van der Waals surface area contributed by atoms with Gasteiger partial charge in [0.1, 0.15) is 23.3 Å². The normalized spacial score (nSPS) is 17.2. The summed E-state index contributed by atoms with van der Waals surface area (Å²) in [4.78, 5) is 29.4. The predicted octanol–water partition coefficient (Wildman–Crippen LogP) is 5.28. The maximum atomic E-state index is 15.2. The zero-order valence-electron chi connectivity index (χ0n) is 24.4. The van der Waals surface area contributed by atoms with Gasteiger partial charge >= 0.3 is 12.3 Å². The number of benzene rings is 2. The van der Waals surface area contributed by atoms with Crippen molar-refractivity contribution in [2.24, 2.45) is 0 Å². The fraction of sp³-hybridized carbons (Fsp3) is 0.448. The molecule has 2 unspecified atom stereocenters. The summed E-state index contributed by atoms with van der Waals surface area (Å²) in [7, 11) is 1.28. The molecule has 43 heavy (non-hydrogen) atoms. The standard InChI is InChI=1S/C29H32F4N4O5S/c1-27(2,3)42-26(40)36-14-22(38)24(15-36)41-23-10-9-19(12-21(23)30)37(16-43)28(4,5)25(39)35(6)18-8-7-17(13-34)20(11-18)29(31,32)33/h7-12,16,22,24,38H,14-15H2,1-6H3. The van der Waals surface area contributed by atoms with Crippen LogP contribution in [0.5, 0.6) is 5.75 Å². The fourth-order valence-electron chi connectivity index (χ4n) is 4.47. The molecule has 0 spiro atoms. The van der Waals surface area contributed by atoms with E-state index in [0.717, 1.165) is 22.5 Å². The van der Waals surface area contributed by atoms with E-state index in [0.29, 0.717) is 6.07 Å². The van der Waals surface area contributed by atoms with Gasteiger partial charge in [0, 0.05) is 24.5 Å². The van der Waals surface area contributed by atoms with Gasteiger partial charge in [0.05, 0.1) is 35.8 Å². The quantitative estimate of drug-likeness (QED) is 0.328. The molecular formula is C29H32F4N4O5S. The monoisotopic (exact) mass is 624 g/mol. The maximum absolute atomic E-state index is 15.2. The SMILES string of the molecule is CN(C(=O)C(C)(C)N(C=S)c1ccc(OC2CN(C(=O)OC(C)(C)C)CC2O)c(F)c1)c1ccc(C#N)c(C(F)(F)F)c1. The van der Waals surface area contributed by atoms with Crippen molar-refractivity contribution in [2.45, 2.75) is 64.1 Å². The smallest absolute Gasteiger partial charge is 0.417 e. The van der Waals surface area contributed by atoms with Gasteiger partial charge in [-0.15, -0.1) is 0 Å². The number of nitriles is 1. The third kappa shape index (κ3) is 7.52. The van der Waals surface area contributed by atoms with Gasteiger partial charge in [0.2, 0.25) is 0 Å². The van der Waals surface area contributed by atoms with Crippen molar-refractivity contribution in [1.82, 2.24) is 4.90 Å². The van der Waals surface area contributed by atoms with Crippen LogP contribution in [0.25, 0.3) is 0 Å². The largest absolute Gasteiger partial charge is 0.483 e. The summed E-state index contributed by atoms with van der Waals surface area (Å²) in [5.74, 6) is -1.74. The minimum Gasteiger partial charge on any atom is -0.483 e. The van der Waals surface area contributed by atoms with E-state index >= 15 is 4.39 Å². The number of halogens is 4. The first-order chi connectivity index (χ1) is 19.8. The Bertz CT molecular complexity index is 1440. The number of likely N-dealkylation sites (tertiary alicyclic amines) is 1. The van der Waals surface area contributed by atoms with Crippen LogP contribution in [-0.2, 0) is 15.7 Å². The lowest BCUT2D eigenvalue weighted by Crippen LogP contribution is -2.55. The molecule has 14 heteroatoms. The molecule has 1 fully saturated rings. The van der Waals surface area contributed by atoms with Crippen molar-refractivity contribution in [2.75, 3.05) is 29.9 Å². The van der Waals surface area contributed by atoms with Gasteiger partial charge in [-0.1, -0.05) is 12.2 Å². The van der Waals surface area contributed by atoms with E-state index in [1.54, 1.807) is 20.8 Å². The second-order valence-electron chi connectivity index (χ2n) is 11.5. The summed E-state index contributed by atoms with van der Waals surface area (Å²) in [6.07, 6.45) is -7.49. The highest BCUT2D eigenvalue weighted by molar-refractivity contribution is 7.79. The van der Waals surface area contributed by atoms with Crippen LogP contribution in [-0.4, -0.2) is 71.0 Å². The van der Waals surface area contributed by atoms with E-state index < -0.39 is 58.5 Å². The number of alkyl halides is 3. The van der Waals surface area contributed by atoms with Crippen LogP contribution in [0.4, 0.5) is 33.7 Å². The number of ether oxygens (including phenoxy) is 2. The molecule has 1 heterocycles. The Kier molecular flexibility index (Phi) is 9.62. The molecule has 0 saturated carbocycles. The van der Waals surface area contributed by atoms with Crippen molar-refractivity contribution in [3.63, 3.8) is 0 Å². The molecule has 9 nitrogen and oxygen atoms in total. The number of rotatable bonds is 7. The number of anilines is 2. The number of amides is 2. The van der Waals surface area contributed by atoms with E-state index in [1.807, 2.05) is 0 Å². The molecule has 2 aromatic carbocycles. The summed E-state index contributed by atoms with van der Waals surface area (Å²) in [5.41, 5.74) is -2.88. The van der Waals surface area contributed by atoms with Gasteiger partial charge in [-0.3, -0.25) is 4.79 Å². The van der Waals surface area contributed by atoms with Gasteiger partial charge in [-0.2, -0.15) is 18.4 Å². The molecule has 2 atom stereocenters. The number of aliphatic hydroxyl groups excluding tert-OH is 1. The summed E-state index contributed by atoms with van der Waals surface area (Å²) in [6.45, 7) is 7.94. The van der Waals surface area contributed by atoms with Gasteiger partial charge in [-0.05, 0) is 65.0 Å². The second kappa shape index (κ2) is 12.3. The summed E-state index contributed by atoms with van der Waals surface area (Å²) < 4.78 is 66.7. The molecule has 0 aromatic heterocycles. The van der Waals surface area contributed by atoms with Gasteiger partial charge in [0.15, 0.2) is 11.6 Å². The Labute approximate surface area is 252 Å². The van der Waals surface area contributed by atoms with Crippen LogP contribution in [0.2, 0.25) is 0 Å². The van der Waals surface area contributed by atoms with E-state index in [1.165, 1.54) is 55.0 Å². The lowest BCUT2D eigenvalue weighted by atomic mass is 9.99. The first-order valence-corrected chi connectivity index (χ1v) is 13.5. The average molecular weight is 625 g/mol. The number of nitrogens with zero attached hydrogens (tertiary/aromatic N) is 4. The number of β-amino-alcohol motifs (C(OH)–C–C–N with tert-alkyl or cyclic N) is 1. The van der Waals surface area contributed by atoms with Crippen LogP contribution >= 0.6 is 12.2 Å². The molecule has 1 aliphatic rings. The van der Waals surface area contributed by atoms with Crippen LogP contribution < -0.4 is 14.5 Å². The van der Waals surface area contributed by atoms with E-state index in [-0.39, 0.29) is 30.2 Å². The minimum absolute atomic E-state index is 0.0391. The van der Waals surface area contributed by atoms with Crippen molar-refractivity contribution in [1.29, 1.82) is 5.26 Å². The zero-order valence-corrected chi connectivity index (χ0v) is 25.2. The summed E-state index contributed by atoms with van der Waals surface area (Å²) >= 11 is 5.12. The highest BCUT2D eigenvalue weighted by atomic mass is 32.1. The molecule has 1 N–H and O–H groups in total. The molecule has 1 aliphatic heterocycles. The number of carbonyl (C=O) groups is 2. The third-order valence-corrected chi connectivity index (χ3v) is 6.92. The molecule has 1 saturated heterocycles. The van der Waals surface area contributed by atoms with Gasteiger partial charge < -0.3 is 29.3 Å². The Morgan fingerprint density at radius 3 is 2.26 bits per heavy atom. The van der Waals surface area contributed by atoms with Gasteiger partial charge in [0.25, 0.3) is 5.91 Å². The van der Waals surface area contributed by atoms with Crippen molar-refractivity contribution in [3.05, 3.63) is 53.3 Å². The first-order valence-electron chi connectivity index (χ1n) is 13.1. The Hall–Kier alpha value is -3.96. The first kappa shape index (κ1) is 33.5. The number of aliphatic hydroxyl groups is 1. The van der Waals surface area contributed by atoms with Gasteiger partial charge in [-0.25, -0.2) is 9.18 Å². The van der Waals surface area contributed by atoms with E-state index in [2.05, 4.69) is 0 Å². The lowest BCUT2D eigenvalue weighted by molar-refractivity contribution is -0.137. The highest BCUT2D eigenvalue weighted by Gasteiger charge is 2.40. The average Bonchev–Trinajstić information content (AvgIpc) is 3.27. The van der Waals surface area contributed by atoms with Crippen LogP contribution in [0, 0.1) is 17.1 Å². The Morgan fingerprint density at radius 2 is 1.72 bits per heavy atom. The molecule has 2 aromatic rings. The maximum Gasteiger partial charge on any atom is 0.417 e. The van der Waals surface area contributed by atoms with Crippen LogP contribution in [0.3, 0.4) is 0 Å². The van der Waals surface area contributed by atoms with Crippen molar-refractivity contribution in [3.8, 4) is 11.8 Å². The third-order valence-electron chi connectivity index (χ3n) is 6.71. The Morgan fingerprint density at radius 1 is 1.09 bits per heavy atom. The van der Waals surface area contributed by atoms with E-state index in [9.17, 15) is 27.9 Å². The highest BCUT2D eigenvalue weighted by Crippen LogP contribution is 2.36. The predicted molar refractivity (Wildman–Crippen MR) is 154 cm³/mol. The Balaban J connectivity index is 1.80. The molecule has 3 rings (SSSR count). The zero-order chi connectivity index (χ0) is 32.5.